The van der Waals surface area contributed by atoms with E-state index in [-0.39, 0.29) is 16.3 Å². The summed E-state index contributed by atoms with van der Waals surface area (Å²) < 4.78 is 50.5. The highest BCUT2D eigenvalue weighted by atomic mass is 32.2. The van der Waals surface area contributed by atoms with E-state index in [1.54, 1.807) is 6.92 Å². The molecule has 0 aliphatic rings. The van der Waals surface area contributed by atoms with Crippen molar-refractivity contribution in [2.45, 2.75) is 11.8 Å². The standard InChI is InChI=1S/C16H16FNO4S/c1-11(2)22-13-5-7-14(8-6-13)23(19,20)18-12-4-9-16(21-3)15(17)10-12/h4-10,18H,1H2,2-3H3. The van der Waals surface area contributed by atoms with Gasteiger partial charge in [-0.05, 0) is 43.3 Å². The van der Waals surface area contributed by atoms with Crippen LogP contribution in [-0.2, 0) is 10.0 Å². The van der Waals surface area contributed by atoms with Crippen LogP contribution in [0.4, 0.5) is 10.1 Å². The number of nitrogens with one attached hydrogen (secondary N) is 1. The van der Waals surface area contributed by atoms with Gasteiger partial charge in [-0.1, -0.05) is 6.58 Å². The molecule has 2 rings (SSSR count). The molecule has 0 heterocycles. The first kappa shape index (κ1) is 16.8. The molecular weight excluding hydrogens is 321 g/mol. The molecule has 0 unspecified atom stereocenters. The zero-order valence-corrected chi connectivity index (χ0v) is 13.5. The Morgan fingerprint density at radius 3 is 2.35 bits per heavy atom. The van der Waals surface area contributed by atoms with Crippen molar-refractivity contribution in [3.05, 3.63) is 60.6 Å². The third kappa shape index (κ3) is 4.23. The van der Waals surface area contributed by atoms with E-state index in [2.05, 4.69) is 11.3 Å². The molecule has 0 saturated carbocycles. The van der Waals surface area contributed by atoms with Gasteiger partial charge in [0.1, 0.15) is 5.75 Å². The smallest absolute Gasteiger partial charge is 0.261 e. The minimum Gasteiger partial charge on any atom is -0.494 e. The minimum atomic E-state index is -3.83. The lowest BCUT2D eigenvalue weighted by Gasteiger charge is -2.10. The van der Waals surface area contributed by atoms with Crippen LogP contribution in [0.3, 0.4) is 0 Å². The Hall–Kier alpha value is -2.54. The van der Waals surface area contributed by atoms with Gasteiger partial charge in [0.05, 0.1) is 23.5 Å². The molecule has 0 fully saturated rings. The topological polar surface area (TPSA) is 64.6 Å². The van der Waals surface area contributed by atoms with Crippen molar-refractivity contribution in [1.29, 1.82) is 0 Å². The molecule has 0 radical (unpaired) electrons. The van der Waals surface area contributed by atoms with E-state index in [0.717, 1.165) is 6.07 Å². The number of sulfonamides is 1. The number of ether oxygens (including phenoxy) is 2. The maximum absolute atomic E-state index is 13.6. The number of halogens is 1. The van der Waals surface area contributed by atoms with E-state index in [0.29, 0.717) is 11.5 Å². The maximum Gasteiger partial charge on any atom is 0.261 e. The Morgan fingerprint density at radius 2 is 1.83 bits per heavy atom. The highest BCUT2D eigenvalue weighted by molar-refractivity contribution is 7.92. The second kappa shape index (κ2) is 6.70. The number of hydrogen-bond donors (Lipinski definition) is 1. The number of anilines is 1. The SMILES string of the molecule is C=C(C)Oc1ccc(S(=O)(=O)Nc2ccc(OC)c(F)c2)cc1. The first-order chi connectivity index (χ1) is 10.8. The average Bonchev–Trinajstić information content (AvgIpc) is 2.47. The number of hydrogen-bond acceptors (Lipinski definition) is 4. The molecule has 0 spiro atoms. The number of allylic oxidation sites excluding steroid dienone is 1. The zero-order chi connectivity index (χ0) is 17.0. The average molecular weight is 337 g/mol. The Morgan fingerprint density at radius 1 is 1.17 bits per heavy atom. The van der Waals surface area contributed by atoms with Crippen LogP contribution < -0.4 is 14.2 Å². The first-order valence-electron chi connectivity index (χ1n) is 6.61. The van der Waals surface area contributed by atoms with Crippen molar-refractivity contribution < 1.29 is 22.3 Å². The van der Waals surface area contributed by atoms with E-state index < -0.39 is 15.8 Å². The van der Waals surface area contributed by atoms with Crippen LogP contribution in [-0.4, -0.2) is 15.5 Å². The van der Waals surface area contributed by atoms with Gasteiger partial charge in [0, 0.05) is 6.07 Å². The molecule has 7 heteroatoms. The van der Waals surface area contributed by atoms with Crippen molar-refractivity contribution >= 4 is 15.7 Å². The molecule has 0 amide bonds. The lowest BCUT2D eigenvalue weighted by molar-refractivity contribution is 0.386. The van der Waals surface area contributed by atoms with Gasteiger partial charge in [-0.2, -0.15) is 0 Å². The molecule has 0 bridgehead atoms. The van der Waals surface area contributed by atoms with Gasteiger partial charge in [-0.15, -0.1) is 0 Å². The second-order valence-electron chi connectivity index (χ2n) is 4.73. The van der Waals surface area contributed by atoms with Crippen LogP contribution in [0.5, 0.6) is 11.5 Å². The van der Waals surface area contributed by atoms with Crippen molar-refractivity contribution in [2.75, 3.05) is 11.8 Å². The molecular formula is C16H16FNO4S. The normalized spacial score (nSPS) is 10.9. The van der Waals surface area contributed by atoms with Gasteiger partial charge < -0.3 is 9.47 Å². The van der Waals surface area contributed by atoms with Gasteiger partial charge in [-0.3, -0.25) is 4.72 Å². The Kier molecular flexibility index (Phi) is 4.90. The van der Waals surface area contributed by atoms with Crippen LogP contribution in [0.1, 0.15) is 6.92 Å². The molecule has 0 saturated heterocycles. The molecule has 2 aromatic carbocycles. The fourth-order valence-corrected chi connectivity index (χ4v) is 2.88. The fraction of sp³-hybridized carbons (Fsp3) is 0.125. The Balaban J connectivity index is 2.21. The highest BCUT2D eigenvalue weighted by Crippen LogP contribution is 2.24. The lowest BCUT2D eigenvalue weighted by Crippen LogP contribution is -2.13. The van der Waals surface area contributed by atoms with Gasteiger partial charge in [0.15, 0.2) is 11.6 Å². The second-order valence-corrected chi connectivity index (χ2v) is 6.41. The highest BCUT2D eigenvalue weighted by Gasteiger charge is 2.15. The fourth-order valence-electron chi connectivity index (χ4n) is 1.83. The predicted molar refractivity (Wildman–Crippen MR) is 85.6 cm³/mol. The number of rotatable bonds is 6. The van der Waals surface area contributed by atoms with Crippen LogP contribution in [0.15, 0.2) is 59.7 Å². The predicted octanol–water partition coefficient (Wildman–Crippen LogP) is 3.55. The molecule has 0 aliphatic carbocycles. The molecule has 23 heavy (non-hydrogen) atoms. The van der Waals surface area contributed by atoms with E-state index >= 15 is 0 Å². The summed E-state index contributed by atoms with van der Waals surface area (Å²) in [6.45, 7) is 5.29. The van der Waals surface area contributed by atoms with E-state index in [4.69, 9.17) is 9.47 Å². The van der Waals surface area contributed by atoms with Crippen LogP contribution in [0.2, 0.25) is 0 Å². The van der Waals surface area contributed by atoms with E-state index in [1.807, 2.05) is 0 Å². The zero-order valence-electron chi connectivity index (χ0n) is 12.7. The van der Waals surface area contributed by atoms with Crippen LogP contribution in [0.25, 0.3) is 0 Å². The first-order valence-corrected chi connectivity index (χ1v) is 8.10. The Labute approximate surface area is 134 Å². The lowest BCUT2D eigenvalue weighted by atomic mass is 10.3. The van der Waals surface area contributed by atoms with Gasteiger partial charge in [0.25, 0.3) is 10.0 Å². The summed E-state index contributed by atoms with van der Waals surface area (Å²) in [5.74, 6) is 0.353. The third-order valence-corrected chi connectivity index (χ3v) is 4.23. The third-order valence-electron chi connectivity index (χ3n) is 2.83. The van der Waals surface area contributed by atoms with Crippen molar-refractivity contribution in [3.63, 3.8) is 0 Å². The summed E-state index contributed by atoms with van der Waals surface area (Å²) >= 11 is 0. The summed E-state index contributed by atoms with van der Waals surface area (Å²) in [4.78, 5) is 0.0304. The monoisotopic (exact) mass is 337 g/mol. The van der Waals surface area contributed by atoms with Crippen LogP contribution in [0, 0.1) is 5.82 Å². The molecule has 0 aromatic heterocycles. The summed E-state index contributed by atoms with van der Waals surface area (Å²) in [6.07, 6.45) is 0. The Bertz CT molecular complexity index is 816. The number of benzene rings is 2. The van der Waals surface area contributed by atoms with E-state index in [1.165, 1.54) is 43.5 Å². The summed E-state index contributed by atoms with van der Waals surface area (Å²) in [5.41, 5.74) is 0.102. The number of methoxy groups -OCH3 is 1. The maximum atomic E-state index is 13.6. The molecule has 0 atom stereocenters. The van der Waals surface area contributed by atoms with Crippen LogP contribution >= 0.6 is 0 Å². The van der Waals surface area contributed by atoms with Crippen molar-refractivity contribution in [3.8, 4) is 11.5 Å². The van der Waals surface area contributed by atoms with Gasteiger partial charge >= 0.3 is 0 Å². The van der Waals surface area contributed by atoms with Gasteiger partial charge in [0.2, 0.25) is 0 Å². The molecule has 0 aliphatic heterocycles. The minimum absolute atomic E-state index is 0.0304. The summed E-state index contributed by atoms with van der Waals surface area (Å²) in [7, 11) is -2.50. The quantitative estimate of drug-likeness (QED) is 0.819. The largest absolute Gasteiger partial charge is 0.494 e. The van der Waals surface area contributed by atoms with Crippen molar-refractivity contribution in [1.82, 2.24) is 0 Å². The van der Waals surface area contributed by atoms with Crippen molar-refractivity contribution in [2.24, 2.45) is 0 Å². The molecule has 2 aromatic rings. The van der Waals surface area contributed by atoms with Gasteiger partial charge in [-0.25, -0.2) is 12.8 Å². The summed E-state index contributed by atoms with van der Waals surface area (Å²) in [5, 5.41) is 0. The summed E-state index contributed by atoms with van der Waals surface area (Å²) in [6, 6.07) is 9.61. The molecule has 5 nitrogen and oxygen atoms in total. The van der Waals surface area contributed by atoms with E-state index in [9.17, 15) is 12.8 Å². The molecule has 122 valence electrons. The molecule has 1 N–H and O–H groups in total.